The van der Waals surface area contributed by atoms with E-state index in [4.69, 9.17) is 5.11 Å². The average molecular weight is 268 g/mol. The number of nitrogens with zero attached hydrogens (tertiary/aromatic N) is 2. The summed E-state index contributed by atoms with van der Waals surface area (Å²) in [7, 11) is 2.12. The minimum atomic E-state index is -0.931. The quantitative estimate of drug-likeness (QED) is 0.912. The van der Waals surface area contributed by atoms with E-state index in [0.29, 0.717) is 6.04 Å². The summed E-state index contributed by atoms with van der Waals surface area (Å²) in [5.74, 6) is -0.207. The van der Waals surface area contributed by atoms with Crippen LogP contribution < -0.4 is 0 Å². The molecule has 5 heteroatoms. The average Bonchev–Trinajstić information content (AvgIpc) is 2.78. The maximum absolute atomic E-state index is 10.8. The third kappa shape index (κ3) is 3.09. The van der Waals surface area contributed by atoms with Crippen LogP contribution in [0.25, 0.3) is 0 Å². The fourth-order valence-electron chi connectivity index (χ4n) is 2.80. The zero-order valence-corrected chi connectivity index (χ0v) is 11.7. The molecule has 1 N–H and O–H groups in total. The fourth-order valence-corrected chi connectivity index (χ4v) is 3.45. The molecule has 0 radical (unpaired) electrons. The van der Waals surface area contributed by atoms with E-state index < -0.39 is 5.97 Å². The van der Waals surface area contributed by atoms with Gasteiger partial charge in [-0.15, -0.1) is 11.3 Å². The molecule has 0 amide bonds. The first-order valence-electron chi connectivity index (χ1n) is 6.46. The molecule has 1 fully saturated rings. The molecule has 0 bridgehead atoms. The van der Waals surface area contributed by atoms with Gasteiger partial charge in [-0.2, -0.15) is 0 Å². The summed E-state index contributed by atoms with van der Waals surface area (Å²) in [5.41, 5.74) is 0.873. The van der Waals surface area contributed by atoms with Crippen molar-refractivity contribution in [3.05, 3.63) is 16.1 Å². The van der Waals surface area contributed by atoms with Gasteiger partial charge in [0.2, 0.25) is 5.01 Å². The van der Waals surface area contributed by atoms with E-state index in [1.807, 2.05) is 5.38 Å². The predicted molar refractivity (Wildman–Crippen MR) is 72.0 cm³/mol. The molecule has 1 aliphatic carbocycles. The van der Waals surface area contributed by atoms with Crippen molar-refractivity contribution >= 4 is 17.3 Å². The van der Waals surface area contributed by atoms with Gasteiger partial charge in [0, 0.05) is 18.0 Å². The molecule has 4 nitrogen and oxygen atoms in total. The van der Waals surface area contributed by atoms with Crippen molar-refractivity contribution in [2.45, 2.75) is 45.2 Å². The normalized spacial score (nSPS) is 24.4. The number of hydrogen-bond donors (Lipinski definition) is 1. The molecular formula is C13H20N2O2S. The lowest BCUT2D eigenvalue weighted by Gasteiger charge is -2.35. The van der Waals surface area contributed by atoms with Gasteiger partial charge < -0.3 is 5.11 Å². The van der Waals surface area contributed by atoms with Crippen molar-refractivity contribution in [1.29, 1.82) is 0 Å². The summed E-state index contributed by atoms with van der Waals surface area (Å²) in [5, 5.41) is 10.9. The van der Waals surface area contributed by atoms with Gasteiger partial charge in [-0.3, -0.25) is 4.90 Å². The standard InChI is InChI=1S/C13H20N2O2S/c1-9-5-3-4-6-11(9)15(2)7-10-8-18-12(14-10)13(16)17/h8-9,11H,3-7H2,1-2H3,(H,16,17). The van der Waals surface area contributed by atoms with Crippen LogP contribution in [0.15, 0.2) is 5.38 Å². The molecule has 1 aromatic heterocycles. The SMILES string of the molecule is CC1CCCCC1N(C)Cc1csc(C(=O)O)n1. The fraction of sp³-hybridized carbons (Fsp3) is 0.692. The van der Waals surface area contributed by atoms with Gasteiger partial charge in [0.1, 0.15) is 0 Å². The molecule has 1 aromatic rings. The number of carboxylic acid groups (broad SMARTS) is 1. The van der Waals surface area contributed by atoms with Crippen LogP contribution in [0.2, 0.25) is 0 Å². The van der Waals surface area contributed by atoms with Crippen LogP contribution in [0, 0.1) is 5.92 Å². The number of aromatic carboxylic acids is 1. The Morgan fingerprint density at radius 2 is 2.28 bits per heavy atom. The van der Waals surface area contributed by atoms with E-state index in [0.717, 1.165) is 18.2 Å². The molecule has 0 spiro atoms. The monoisotopic (exact) mass is 268 g/mol. The summed E-state index contributed by atoms with van der Waals surface area (Å²) in [6.45, 7) is 3.06. The first-order chi connectivity index (χ1) is 8.58. The molecule has 2 unspecified atom stereocenters. The number of rotatable bonds is 4. The zero-order chi connectivity index (χ0) is 13.1. The Bertz CT molecular complexity index is 419. The van der Waals surface area contributed by atoms with E-state index in [2.05, 4.69) is 23.9 Å². The van der Waals surface area contributed by atoms with Crippen LogP contribution in [0.1, 0.15) is 48.1 Å². The van der Waals surface area contributed by atoms with Crippen molar-refractivity contribution in [3.63, 3.8) is 0 Å². The molecule has 100 valence electrons. The van der Waals surface area contributed by atoms with Gasteiger partial charge in [-0.1, -0.05) is 19.8 Å². The number of carboxylic acids is 1. The highest BCUT2D eigenvalue weighted by Gasteiger charge is 2.25. The lowest BCUT2D eigenvalue weighted by molar-refractivity contribution is 0.0695. The topological polar surface area (TPSA) is 53.4 Å². The van der Waals surface area contributed by atoms with Crippen molar-refractivity contribution < 1.29 is 9.90 Å². The minimum absolute atomic E-state index is 0.190. The number of aromatic nitrogens is 1. The molecule has 1 heterocycles. The molecule has 0 saturated heterocycles. The third-order valence-corrected chi connectivity index (χ3v) is 4.66. The van der Waals surface area contributed by atoms with Crippen molar-refractivity contribution in [2.24, 2.45) is 5.92 Å². The maximum Gasteiger partial charge on any atom is 0.365 e. The van der Waals surface area contributed by atoms with Gasteiger partial charge >= 0.3 is 5.97 Å². The van der Waals surface area contributed by atoms with E-state index in [1.54, 1.807) is 0 Å². The van der Waals surface area contributed by atoms with Gasteiger partial charge in [-0.25, -0.2) is 9.78 Å². The van der Waals surface area contributed by atoms with Crippen molar-refractivity contribution in [1.82, 2.24) is 9.88 Å². The summed E-state index contributed by atoms with van der Waals surface area (Å²) in [4.78, 5) is 17.3. The van der Waals surface area contributed by atoms with E-state index >= 15 is 0 Å². The van der Waals surface area contributed by atoms with Crippen LogP contribution in [-0.4, -0.2) is 34.0 Å². The molecule has 18 heavy (non-hydrogen) atoms. The smallest absolute Gasteiger partial charge is 0.365 e. The molecule has 2 rings (SSSR count). The van der Waals surface area contributed by atoms with Gasteiger partial charge in [0.05, 0.1) is 5.69 Å². The summed E-state index contributed by atoms with van der Waals surface area (Å²) >= 11 is 1.21. The highest BCUT2D eigenvalue weighted by atomic mass is 32.1. The van der Waals surface area contributed by atoms with Gasteiger partial charge in [-0.05, 0) is 25.8 Å². The van der Waals surface area contributed by atoms with Gasteiger partial charge in [0.15, 0.2) is 0 Å². The van der Waals surface area contributed by atoms with Crippen LogP contribution >= 0.6 is 11.3 Å². The Morgan fingerprint density at radius 3 is 2.89 bits per heavy atom. The Labute approximate surface area is 112 Å². The Balaban J connectivity index is 1.97. The molecule has 2 atom stereocenters. The maximum atomic E-state index is 10.8. The van der Waals surface area contributed by atoms with E-state index in [1.165, 1.54) is 37.0 Å². The van der Waals surface area contributed by atoms with Crippen LogP contribution in [0.3, 0.4) is 0 Å². The lowest BCUT2D eigenvalue weighted by atomic mass is 9.85. The summed E-state index contributed by atoms with van der Waals surface area (Å²) in [6.07, 6.45) is 5.18. The second-order valence-electron chi connectivity index (χ2n) is 5.19. The molecule has 1 aliphatic rings. The second-order valence-corrected chi connectivity index (χ2v) is 6.05. The number of hydrogen-bond acceptors (Lipinski definition) is 4. The highest BCUT2D eigenvalue weighted by molar-refractivity contribution is 7.11. The number of carbonyl (C=O) groups is 1. The Hall–Kier alpha value is -0.940. The number of thiazole rings is 1. The molecule has 1 saturated carbocycles. The van der Waals surface area contributed by atoms with Crippen LogP contribution in [0.5, 0.6) is 0 Å². The van der Waals surface area contributed by atoms with E-state index in [-0.39, 0.29) is 5.01 Å². The van der Waals surface area contributed by atoms with Crippen LogP contribution in [-0.2, 0) is 6.54 Å². The predicted octanol–water partition coefficient (Wildman–Crippen LogP) is 2.85. The molecule has 0 aliphatic heterocycles. The largest absolute Gasteiger partial charge is 0.476 e. The van der Waals surface area contributed by atoms with E-state index in [9.17, 15) is 4.79 Å². The molecular weight excluding hydrogens is 248 g/mol. The summed E-state index contributed by atoms with van der Waals surface area (Å²) in [6, 6.07) is 0.605. The Morgan fingerprint density at radius 1 is 1.56 bits per heavy atom. The Kier molecular flexibility index (Phi) is 4.35. The highest BCUT2D eigenvalue weighted by Crippen LogP contribution is 2.28. The van der Waals surface area contributed by atoms with Crippen molar-refractivity contribution in [2.75, 3.05) is 7.05 Å². The first kappa shape index (κ1) is 13.5. The van der Waals surface area contributed by atoms with Gasteiger partial charge in [0.25, 0.3) is 0 Å². The van der Waals surface area contributed by atoms with Crippen LogP contribution in [0.4, 0.5) is 0 Å². The second kappa shape index (κ2) is 5.80. The first-order valence-corrected chi connectivity index (χ1v) is 7.34. The zero-order valence-electron chi connectivity index (χ0n) is 10.9. The molecule has 0 aromatic carbocycles. The third-order valence-electron chi connectivity index (χ3n) is 3.78. The summed E-state index contributed by atoms with van der Waals surface area (Å²) < 4.78 is 0. The minimum Gasteiger partial charge on any atom is -0.476 e. The van der Waals surface area contributed by atoms with Crippen molar-refractivity contribution in [3.8, 4) is 0 Å². The lowest BCUT2D eigenvalue weighted by Crippen LogP contribution is -2.38.